The molecule has 100 valence electrons. The Kier molecular flexibility index (Phi) is 4.95. The first-order valence-corrected chi connectivity index (χ1v) is 7.40. The van der Waals surface area contributed by atoms with Crippen molar-refractivity contribution in [2.24, 2.45) is 5.73 Å². The Morgan fingerprint density at radius 1 is 1.16 bits per heavy atom. The van der Waals surface area contributed by atoms with Crippen molar-refractivity contribution in [1.82, 2.24) is 0 Å². The lowest BCUT2D eigenvalue weighted by molar-refractivity contribution is 0.415. The van der Waals surface area contributed by atoms with Gasteiger partial charge in [-0.15, -0.1) is 0 Å². The van der Waals surface area contributed by atoms with Crippen molar-refractivity contribution in [1.29, 1.82) is 0 Å². The fraction of sp³-hybridized carbons (Fsp3) is 0.143. The molecule has 0 saturated heterocycles. The fourth-order valence-corrected chi connectivity index (χ4v) is 2.91. The predicted octanol–water partition coefficient (Wildman–Crippen LogP) is 4.65. The van der Waals surface area contributed by atoms with Gasteiger partial charge in [-0.2, -0.15) is 0 Å². The molecule has 0 radical (unpaired) electrons. The molecule has 0 spiro atoms. The molecule has 0 aliphatic carbocycles. The average Bonchev–Trinajstić information content (AvgIpc) is 2.40. The molecule has 2 N–H and O–H groups in total. The second kappa shape index (κ2) is 6.31. The summed E-state index contributed by atoms with van der Waals surface area (Å²) in [6.45, 7) is 0. The van der Waals surface area contributed by atoms with Gasteiger partial charge in [-0.25, -0.2) is 0 Å². The van der Waals surface area contributed by atoms with Crippen molar-refractivity contribution >= 4 is 45.8 Å². The molecule has 1 atom stereocenters. The van der Waals surface area contributed by atoms with Crippen molar-refractivity contribution in [2.45, 2.75) is 6.04 Å². The van der Waals surface area contributed by atoms with E-state index < -0.39 is 0 Å². The number of nitrogens with two attached hydrogens (primary N) is 1. The summed E-state index contributed by atoms with van der Waals surface area (Å²) < 4.78 is 6.25. The summed E-state index contributed by atoms with van der Waals surface area (Å²) in [4.78, 5) is 0. The SMILES string of the molecule is COc1cc(Cl)c(C(N)c2cccc(I)c2)cc1Cl. The lowest BCUT2D eigenvalue weighted by Gasteiger charge is -2.16. The third-order valence-corrected chi connectivity index (χ3v) is 4.11. The zero-order valence-electron chi connectivity index (χ0n) is 10.2. The lowest BCUT2D eigenvalue weighted by atomic mass is 9.99. The van der Waals surface area contributed by atoms with Crippen LogP contribution in [0.15, 0.2) is 36.4 Å². The number of rotatable bonds is 3. The second-order valence-corrected chi connectivity index (χ2v) is 6.10. The van der Waals surface area contributed by atoms with Gasteiger partial charge in [0.1, 0.15) is 5.75 Å². The zero-order valence-corrected chi connectivity index (χ0v) is 13.8. The van der Waals surface area contributed by atoms with Crippen LogP contribution in [0.2, 0.25) is 10.0 Å². The number of hydrogen-bond acceptors (Lipinski definition) is 2. The number of methoxy groups -OCH3 is 1. The van der Waals surface area contributed by atoms with Crippen LogP contribution >= 0.6 is 45.8 Å². The fourth-order valence-electron chi connectivity index (χ4n) is 1.82. The van der Waals surface area contributed by atoms with E-state index in [0.717, 1.165) is 14.7 Å². The minimum atomic E-state index is -0.314. The first-order chi connectivity index (χ1) is 9.02. The van der Waals surface area contributed by atoms with E-state index in [0.29, 0.717) is 15.8 Å². The molecule has 19 heavy (non-hydrogen) atoms. The van der Waals surface area contributed by atoms with Crippen LogP contribution in [0.4, 0.5) is 0 Å². The average molecular weight is 408 g/mol. The topological polar surface area (TPSA) is 35.2 Å². The molecule has 2 aromatic rings. The minimum absolute atomic E-state index is 0.314. The third-order valence-electron chi connectivity index (χ3n) is 2.81. The first kappa shape index (κ1) is 14.9. The van der Waals surface area contributed by atoms with Crippen molar-refractivity contribution in [2.75, 3.05) is 7.11 Å². The Bertz CT molecular complexity index is 604. The van der Waals surface area contributed by atoms with Crippen LogP contribution in [0.1, 0.15) is 17.2 Å². The van der Waals surface area contributed by atoms with Crippen LogP contribution in [0.25, 0.3) is 0 Å². The van der Waals surface area contributed by atoms with E-state index in [1.54, 1.807) is 19.2 Å². The van der Waals surface area contributed by atoms with Gasteiger partial charge in [-0.1, -0.05) is 35.3 Å². The summed E-state index contributed by atoms with van der Waals surface area (Å²) in [5.41, 5.74) is 8.04. The van der Waals surface area contributed by atoms with Gasteiger partial charge in [0.25, 0.3) is 0 Å². The zero-order chi connectivity index (χ0) is 14.0. The summed E-state index contributed by atoms with van der Waals surface area (Å²) in [5.74, 6) is 0.547. The van der Waals surface area contributed by atoms with E-state index in [4.69, 9.17) is 33.7 Å². The maximum atomic E-state index is 6.26. The van der Waals surface area contributed by atoms with Crippen molar-refractivity contribution in [3.05, 3.63) is 61.1 Å². The van der Waals surface area contributed by atoms with Gasteiger partial charge >= 0.3 is 0 Å². The molecule has 0 aromatic heterocycles. The van der Waals surface area contributed by atoms with Crippen LogP contribution in [0.5, 0.6) is 5.75 Å². The van der Waals surface area contributed by atoms with E-state index in [9.17, 15) is 0 Å². The molecule has 0 bridgehead atoms. The van der Waals surface area contributed by atoms with Crippen LogP contribution in [0, 0.1) is 3.57 Å². The molecule has 2 nitrogen and oxygen atoms in total. The van der Waals surface area contributed by atoms with E-state index in [1.807, 2.05) is 24.3 Å². The van der Waals surface area contributed by atoms with E-state index >= 15 is 0 Å². The minimum Gasteiger partial charge on any atom is -0.495 e. The molecule has 0 saturated carbocycles. The molecular weight excluding hydrogens is 396 g/mol. The highest BCUT2D eigenvalue weighted by Gasteiger charge is 2.16. The summed E-state index contributed by atoms with van der Waals surface area (Å²) in [6.07, 6.45) is 0. The largest absolute Gasteiger partial charge is 0.495 e. The van der Waals surface area contributed by atoms with Gasteiger partial charge < -0.3 is 10.5 Å². The van der Waals surface area contributed by atoms with Gasteiger partial charge in [0.15, 0.2) is 0 Å². The Morgan fingerprint density at radius 2 is 1.89 bits per heavy atom. The van der Waals surface area contributed by atoms with Crippen molar-refractivity contribution in [3.8, 4) is 5.75 Å². The molecule has 0 aliphatic rings. The number of hydrogen-bond donors (Lipinski definition) is 1. The highest BCUT2D eigenvalue weighted by atomic mass is 127. The number of ether oxygens (including phenoxy) is 1. The van der Waals surface area contributed by atoms with Gasteiger partial charge in [0.05, 0.1) is 18.2 Å². The molecule has 0 aliphatic heterocycles. The molecule has 0 amide bonds. The Hall–Kier alpha value is -0.490. The molecule has 2 rings (SSSR count). The van der Waals surface area contributed by atoms with Crippen molar-refractivity contribution < 1.29 is 4.74 Å². The van der Waals surface area contributed by atoms with E-state index in [2.05, 4.69) is 22.6 Å². The summed E-state index contributed by atoms with van der Waals surface area (Å²) in [7, 11) is 1.55. The smallest absolute Gasteiger partial charge is 0.138 e. The molecule has 2 aromatic carbocycles. The van der Waals surface area contributed by atoms with Crippen LogP contribution in [-0.4, -0.2) is 7.11 Å². The molecule has 0 fully saturated rings. The molecular formula is C14H12Cl2INO. The molecule has 1 unspecified atom stereocenters. The maximum Gasteiger partial charge on any atom is 0.138 e. The third kappa shape index (κ3) is 3.34. The Labute approximate surface area is 136 Å². The van der Waals surface area contributed by atoms with Crippen LogP contribution in [0.3, 0.4) is 0 Å². The normalized spacial score (nSPS) is 12.3. The van der Waals surface area contributed by atoms with Gasteiger partial charge in [-0.05, 0) is 51.9 Å². The first-order valence-electron chi connectivity index (χ1n) is 5.57. The van der Waals surface area contributed by atoms with Gasteiger partial charge in [0, 0.05) is 14.7 Å². The molecule has 5 heteroatoms. The number of halogens is 3. The van der Waals surface area contributed by atoms with Crippen molar-refractivity contribution in [3.63, 3.8) is 0 Å². The predicted molar refractivity (Wildman–Crippen MR) is 88.2 cm³/mol. The quantitative estimate of drug-likeness (QED) is 0.751. The summed E-state index contributed by atoms with van der Waals surface area (Å²) in [5, 5.41) is 1.05. The maximum absolute atomic E-state index is 6.26. The standard InChI is InChI=1S/C14H12Cl2INO/c1-19-13-7-11(15)10(6-12(13)16)14(18)8-3-2-4-9(17)5-8/h2-7,14H,18H2,1H3. The molecule has 0 heterocycles. The second-order valence-electron chi connectivity index (χ2n) is 4.04. The Morgan fingerprint density at radius 3 is 2.53 bits per heavy atom. The highest BCUT2D eigenvalue weighted by molar-refractivity contribution is 14.1. The van der Waals surface area contributed by atoms with Crippen LogP contribution in [-0.2, 0) is 0 Å². The highest BCUT2D eigenvalue weighted by Crippen LogP contribution is 2.35. The summed E-state index contributed by atoms with van der Waals surface area (Å²) >= 11 is 14.6. The van der Waals surface area contributed by atoms with E-state index in [1.165, 1.54) is 0 Å². The van der Waals surface area contributed by atoms with E-state index in [-0.39, 0.29) is 6.04 Å². The summed E-state index contributed by atoms with van der Waals surface area (Å²) in [6, 6.07) is 11.1. The Balaban J connectivity index is 2.44. The van der Waals surface area contributed by atoms with Gasteiger partial charge in [0.2, 0.25) is 0 Å². The monoisotopic (exact) mass is 407 g/mol. The number of benzene rings is 2. The van der Waals surface area contributed by atoms with Crippen LogP contribution < -0.4 is 10.5 Å². The lowest BCUT2D eigenvalue weighted by Crippen LogP contribution is -2.12. The van der Waals surface area contributed by atoms with Gasteiger partial charge in [-0.3, -0.25) is 0 Å².